The molecule has 78 valence electrons. The first-order valence-corrected chi connectivity index (χ1v) is 4.56. The summed E-state index contributed by atoms with van der Waals surface area (Å²) < 4.78 is 6.83. The highest BCUT2D eigenvalue weighted by atomic mass is 16.6. The fraction of sp³-hybridized carbons (Fsp3) is 0.500. The number of aromatic nitrogens is 1. The predicted molar refractivity (Wildman–Crippen MR) is 54.5 cm³/mol. The molecule has 0 saturated carbocycles. The van der Waals surface area contributed by atoms with Gasteiger partial charge < -0.3 is 10.2 Å². The maximum Gasteiger partial charge on any atom is 0.327 e. The number of rotatable bonds is 3. The molecule has 0 aromatic carbocycles. The lowest BCUT2D eigenvalue weighted by Gasteiger charge is -2.19. The van der Waals surface area contributed by atoms with Crippen molar-refractivity contribution in [3.05, 3.63) is 24.5 Å². The lowest BCUT2D eigenvalue weighted by molar-refractivity contribution is -0.152. The second-order valence-electron chi connectivity index (χ2n) is 4.01. The number of nitrogens with zero attached hydrogens (tertiary/aromatic N) is 1. The van der Waals surface area contributed by atoms with Crippen LogP contribution in [0.5, 0.6) is 0 Å². The van der Waals surface area contributed by atoms with E-state index in [2.05, 4.69) is 5.43 Å². The van der Waals surface area contributed by atoms with E-state index in [1.54, 1.807) is 4.68 Å². The summed E-state index contributed by atoms with van der Waals surface area (Å²) in [5, 5.41) is 0. The molecular formula is C10H16N2O2. The molecule has 0 aliphatic heterocycles. The van der Waals surface area contributed by atoms with Crippen LogP contribution in [0.15, 0.2) is 24.5 Å². The van der Waals surface area contributed by atoms with Crippen LogP contribution >= 0.6 is 0 Å². The molecule has 1 heterocycles. The Kier molecular flexibility index (Phi) is 3.17. The van der Waals surface area contributed by atoms with Gasteiger partial charge in [0.25, 0.3) is 0 Å². The second kappa shape index (κ2) is 4.17. The van der Waals surface area contributed by atoms with Gasteiger partial charge in [0.15, 0.2) is 0 Å². The molecule has 0 amide bonds. The minimum absolute atomic E-state index is 0.173. The predicted octanol–water partition coefficient (Wildman–Crippen LogP) is 1.37. The third-order valence-corrected chi connectivity index (χ3v) is 1.43. The van der Waals surface area contributed by atoms with E-state index in [-0.39, 0.29) is 12.5 Å². The van der Waals surface area contributed by atoms with Gasteiger partial charge in [-0.1, -0.05) is 0 Å². The van der Waals surface area contributed by atoms with Crippen molar-refractivity contribution in [2.24, 2.45) is 0 Å². The standard InChI is InChI=1S/C10H16N2O2/c1-10(2,3)14-9(13)8-11-12-6-4-5-7-12/h4-7,11H,8H2,1-3H3. The molecule has 0 radical (unpaired) electrons. The monoisotopic (exact) mass is 196 g/mol. The van der Waals surface area contributed by atoms with E-state index < -0.39 is 5.60 Å². The van der Waals surface area contributed by atoms with Gasteiger partial charge >= 0.3 is 5.97 Å². The Morgan fingerprint density at radius 3 is 2.43 bits per heavy atom. The third-order valence-electron chi connectivity index (χ3n) is 1.43. The number of carbonyl (C=O) groups is 1. The van der Waals surface area contributed by atoms with Crippen LogP contribution in [0.25, 0.3) is 0 Å². The zero-order chi connectivity index (χ0) is 10.6. The average Bonchev–Trinajstić information content (AvgIpc) is 2.49. The van der Waals surface area contributed by atoms with Crippen molar-refractivity contribution in [3.8, 4) is 0 Å². The first-order valence-electron chi connectivity index (χ1n) is 4.56. The molecule has 4 nitrogen and oxygen atoms in total. The van der Waals surface area contributed by atoms with Crippen LogP contribution in [0, 0.1) is 0 Å². The molecule has 0 fully saturated rings. The number of carbonyl (C=O) groups excluding carboxylic acids is 1. The van der Waals surface area contributed by atoms with Crippen LogP contribution in [-0.2, 0) is 9.53 Å². The van der Waals surface area contributed by atoms with Crippen LogP contribution in [0.4, 0.5) is 0 Å². The molecule has 1 rings (SSSR count). The number of esters is 1. The Hall–Kier alpha value is -1.45. The summed E-state index contributed by atoms with van der Waals surface area (Å²) in [6.07, 6.45) is 3.65. The quantitative estimate of drug-likeness (QED) is 0.742. The maximum atomic E-state index is 11.3. The van der Waals surface area contributed by atoms with Gasteiger partial charge in [-0.25, -0.2) is 0 Å². The molecular weight excluding hydrogens is 180 g/mol. The number of nitrogens with one attached hydrogen (secondary N) is 1. The lowest BCUT2D eigenvalue weighted by Crippen LogP contribution is -2.30. The number of hydrogen-bond acceptors (Lipinski definition) is 3. The van der Waals surface area contributed by atoms with E-state index in [1.165, 1.54) is 0 Å². The molecule has 0 aliphatic rings. The summed E-state index contributed by atoms with van der Waals surface area (Å²) in [5.41, 5.74) is 2.47. The van der Waals surface area contributed by atoms with Crippen LogP contribution in [0.3, 0.4) is 0 Å². The zero-order valence-electron chi connectivity index (χ0n) is 8.78. The summed E-state index contributed by atoms with van der Waals surface area (Å²) in [6, 6.07) is 3.75. The Morgan fingerprint density at radius 2 is 1.93 bits per heavy atom. The fourth-order valence-electron chi connectivity index (χ4n) is 0.973. The van der Waals surface area contributed by atoms with Crippen LogP contribution in [-0.4, -0.2) is 22.8 Å². The van der Waals surface area contributed by atoms with Crippen molar-refractivity contribution < 1.29 is 9.53 Å². The van der Waals surface area contributed by atoms with Crippen LogP contribution in [0.1, 0.15) is 20.8 Å². The second-order valence-corrected chi connectivity index (χ2v) is 4.01. The molecule has 1 aromatic heterocycles. The minimum atomic E-state index is -0.421. The minimum Gasteiger partial charge on any atom is -0.459 e. The highest BCUT2D eigenvalue weighted by Crippen LogP contribution is 2.06. The van der Waals surface area contributed by atoms with Gasteiger partial charge in [-0.2, -0.15) is 0 Å². The maximum absolute atomic E-state index is 11.3. The molecule has 1 aromatic rings. The van der Waals surface area contributed by atoms with E-state index in [9.17, 15) is 4.79 Å². The first-order chi connectivity index (χ1) is 6.47. The summed E-state index contributed by atoms with van der Waals surface area (Å²) in [4.78, 5) is 11.3. The molecule has 0 atom stereocenters. The van der Waals surface area contributed by atoms with E-state index >= 15 is 0 Å². The van der Waals surface area contributed by atoms with E-state index in [4.69, 9.17) is 4.74 Å². The first kappa shape index (κ1) is 10.6. The topological polar surface area (TPSA) is 43.3 Å². The van der Waals surface area contributed by atoms with Crippen molar-refractivity contribution in [1.29, 1.82) is 0 Å². The SMILES string of the molecule is CC(C)(C)OC(=O)CNn1cccc1. The van der Waals surface area contributed by atoms with E-state index in [0.29, 0.717) is 0 Å². The van der Waals surface area contributed by atoms with E-state index in [0.717, 1.165) is 0 Å². The Bertz CT molecular complexity index is 286. The van der Waals surface area contributed by atoms with Crippen molar-refractivity contribution in [2.45, 2.75) is 26.4 Å². The largest absolute Gasteiger partial charge is 0.459 e. The van der Waals surface area contributed by atoms with Crippen LogP contribution in [0.2, 0.25) is 0 Å². The van der Waals surface area contributed by atoms with Gasteiger partial charge in [0.1, 0.15) is 12.1 Å². The molecule has 0 spiro atoms. The lowest BCUT2D eigenvalue weighted by atomic mass is 10.2. The Labute approximate surface area is 83.8 Å². The molecule has 0 aliphatic carbocycles. The molecule has 0 unspecified atom stereocenters. The van der Waals surface area contributed by atoms with E-state index in [1.807, 2.05) is 45.3 Å². The molecule has 4 heteroatoms. The van der Waals surface area contributed by atoms with Crippen LogP contribution < -0.4 is 5.43 Å². The van der Waals surface area contributed by atoms with Gasteiger partial charge in [-0.15, -0.1) is 0 Å². The third kappa shape index (κ3) is 3.98. The van der Waals surface area contributed by atoms with Gasteiger partial charge in [-0.3, -0.25) is 9.47 Å². The van der Waals surface area contributed by atoms with Gasteiger partial charge in [0, 0.05) is 12.4 Å². The van der Waals surface area contributed by atoms with Crippen molar-refractivity contribution >= 4 is 5.97 Å². The summed E-state index contributed by atoms with van der Waals surface area (Å²) >= 11 is 0. The van der Waals surface area contributed by atoms with Crippen molar-refractivity contribution in [2.75, 3.05) is 12.0 Å². The van der Waals surface area contributed by atoms with Crippen molar-refractivity contribution in [3.63, 3.8) is 0 Å². The average molecular weight is 196 g/mol. The smallest absolute Gasteiger partial charge is 0.327 e. The molecule has 1 N–H and O–H groups in total. The summed E-state index contributed by atoms with van der Waals surface area (Å²) in [5.74, 6) is -0.258. The normalized spacial score (nSPS) is 11.1. The molecule has 0 saturated heterocycles. The number of ether oxygens (including phenoxy) is 1. The zero-order valence-corrected chi connectivity index (χ0v) is 8.78. The van der Waals surface area contributed by atoms with Gasteiger partial charge in [0.2, 0.25) is 0 Å². The molecule has 14 heavy (non-hydrogen) atoms. The highest BCUT2D eigenvalue weighted by molar-refractivity contribution is 5.73. The van der Waals surface area contributed by atoms with Crippen molar-refractivity contribution in [1.82, 2.24) is 4.68 Å². The number of hydrogen-bond donors (Lipinski definition) is 1. The Balaban J connectivity index is 2.29. The van der Waals surface area contributed by atoms with Gasteiger partial charge in [-0.05, 0) is 32.9 Å². The Morgan fingerprint density at radius 1 is 1.36 bits per heavy atom. The fourth-order valence-corrected chi connectivity index (χ4v) is 0.973. The highest BCUT2D eigenvalue weighted by Gasteiger charge is 2.15. The summed E-state index contributed by atoms with van der Waals surface area (Å²) in [6.45, 7) is 5.72. The van der Waals surface area contributed by atoms with Gasteiger partial charge in [0.05, 0.1) is 0 Å². The molecule has 0 bridgehead atoms. The summed E-state index contributed by atoms with van der Waals surface area (Å²) in [7, 11) is 0.